The van der Waals surface area contributed by atoms with Crippen LogP contribution in [0, 0.1) is 5.92 Å². The maximum Gasteiger partial charge on any atom is 0.276 e. The number of nitrogens with zero attached hydrogens (tertiary/aromatic N) is 3. The van der Waals surface area contributed by atoms with E-state index in [0.717, 1.165) is 26.1 Å². The Bertz CT molecular complexity index is 370. The Morgan fingerprint density at radius 2 is 2.44 bits per heavy atom. The zero-order chi connectivity index (χ0) is 13.0. The van der Waals surface area contributed by atoms with Gasteiger partial charge in [-0.05, 0) is 25.3 Å². The molecule has 100 valence electrons. The van der Waals surface area contributed by atoms with Gasteiger partial charge in [0.2, 0.25) is 0 Å². The van der Waals surface area contributed by atoms with Crippen LogP contribution in [-0.4, -0.2) is 51.9 Å². The Kier molecular flexibility index (Phi) is 4.30. The van der Waals surface area contributed by atoms with E-state index < -0.39 is 0 Å². The molecule has 1 unspecified atom stereocenters. The fraction of sp³-hybridized carbons (Fsp3) is 0.750. The molecule has 1 fully saturated rings. The Labute approximate surface area is 107 Å². The monoisotopic (exact) mass is 251 g/mol. The molecular formula is C12H21N5O. The second-order valence-electron chi connectivity index (χ2n) is 5.25. The third-order valence-corrected chi connectivity index (χ3v) is 3.11. The molecule has 0 bridgehead atoms. The second kappa shape index (κ2) is 5.95. The largest absolute Gasteiger partial charge is 0.335 e. The Morgan fingerprint density at radius 3 is 3.00 bits per heavy atom. The van der Waals surface area contributed by atoms with E-state index in [1.165, 1.54) is 12.6 Å². The number of aromatic nitrogens is 3. The van der Waals surface area contributed by atoms with Gasteiger partial charge in [0.15, 0.2) is 5.69 Å². The molecule has 6 nitrogen and oxygen atoms in total. The van der Waals surface area contributed by atoms with E-state index in [1.54, 1.807) is 0 Å². The van der Waals surface area contributed by atoms with Gasteiger partial charge in [0, 0.05) is 19.1 Å². The van der Waals surface area contributed by atoms with Crippen LogP contribution >= 0.6 is 0 Å². The van der Waals surface area contributed by atoms with E-state index in [-0.39, 0.29) is 5.91 Å². The highest BCUT2D eigenvalue weighted by molar-refractivity contribution is 5.91. The summed E-state index contributed by atoms with van der Waals surface area (Å²) >= 11 is 0. The first kappa shape index (κ1) is 13.0. The van der Waals surface area contributed by atoms with Gasteiger partial charge in [-0.3, -0.25) is 4.79 Å². The van der Waals surface area contributed by atoms with Crippen LogP contribution in [0.4, 0.5) is 0 Å². The van der Waals surface area contributed by atoms with Crippen molar-refractivity contribution in [2.24, 2.45) is 5.92 Å². The molecule has 6 heteroatoms. The lowest BCUT2D eigenvalue weighted by atomic mass is 10.1. The quantitative estimate of drug-likeness (QED) is 0.806. The SMILES string of the molecule is CC(C)CN(CC1CCCN1)C(=O)c1cn[nH]n1. The molecular weight excluding hydrogens is 230 g/mol. The molecule has 1 amide bonds. The highest BCUT2D eigenvalue weighted by atomic mass is 16.2. The van der Waals surface area contributed by atoms with Crippen molar-refractivity contribution >= 4 is 5.91 Å². The van der Waals surface area contributed by atoms with E-state index in [1.807, 2.05) is 4.90 Å². The summed E-state index contributed by atoms with van der Waals surface area (Å²) in [6.45, 7) is 6.79. The summed E-state index contributed by atoms with van der Waals surface area (Å²) in [6, 6.07) is 0.416. The number of H-pyrrole nitrogens is 1. The van der Waals surface area contributed by atoms with Crippen molar-refractivity contribution in [2.75, 3.05) is 19.6 Å². The molecule has 1 saturated heterocycles. The van der Waals surface area contributed by atoms with E-state index in [9.17, 15) is 4.79 Å². The van der Waals surface area contributed by atoms with E-state index >= 15 is 0 Å². The summed E-state index contributed by atoms with van der Waals surface area (Å²) < 4.78 is 0. The summed E-state index contributed by atoms with van der Waals surface area (Å²) in [5.74, 6) is 0.411. The Hall–Kier alpha value is -1.43. The number of nitrogens with one attached hydrogen (secondary N) is 2. The van der Waals surface area contributed by atoms with Gasteiger partial charge in [-0.2, -0.15) is 15.4 Å². The van der Waals surface area contributed by atoms with Crippen LogP contribution in [0.5, 0.6) is 0 Å². The minimum absolute atomic E-state index is 0.0360. The second-order valence-corrected chi connectivity index (χ2v) is 5.25. The average Bonchev–Trinajstić information content (AvgIpc) is 2.99. The van der Waals surface area contributed by atoms with Gasteiger partial charge in [0.05, 0.1) is 6.20 Å². The number of rotatable bonds is 5. The van der Waals surface area contributed by atoms with Gasteiger partial charge in [-0.1, -0.05) is 13.8 Å². The highest BCUT2D eigenvalue weighted by Crippen LogP contribution is 2.11. The number of carbonyl (C=O) groups is 1. The lowest BCUT2D eigenvalue weighted by molar-refractivity contribution is 0.0715. The Balaban J connectivity index is 2.01. The minimum Gasteiger partial charge on any atom is -0.335 e. The lowest BCUT2D eigenvalue weighted by Gasteiger charge is -2.26. The van der Waals surface area contributed by atoms with E-state index in [2.05, 4.69) is 34.6 Å². The molecule has 0 radical (unpaired) electrons. The Morgan fingerprint density at radius 1 is 1.61 bits per heavy atom. The number of hydrogen-bond donors (Lipinski definition) is 2. The molecule has 1 aromatic heterocycles. The molecule has 1 atom stereocenters. The van der Waals surface area contributed by atoms with Crippen LogP contribution < -0.4 is 5.32 Å². The van der Waals surface area contributed by atoms with E-state index in [4.69, 9.17) is 0 Å². The molecule has 0 spiro atoms. The third kappa shape index (κ3) is 3.29. The van der Waals surface area contributed by atoms with Crippen molar-refractivity contribution < 1.29 is 4.79 Å². The van der Waals surface area contributed by atoms with Crippen LogP contribution in [0.15, 0.2) is 6.20 Å². The van der Waals surface area contributed by atoms with Crippen molar-refractivity contribution in [3.8, 4) is 0 Å². The van der Waals surface area contributed by atoms with Gasteiger partial charge in [-0.15, -0.1) is 0 Å². The molecule has 2 heterocycles. The summed E-state index contributed by atoms with van der Waals surface area (Å²) in [5, 5.41) is 13.5. The maximum absolute atomic E-state index is 12.3. The molecule has 2 N–H and O–H groups in total. The first-order valence-electron chi connectivity index (χ1n) is 6.55. The van der Waals surface area contributed by atoms with Crippen LogP contribution in [-0.2, 0) is 0 Å². The summed E-state index contributed by atoms with van der Waals surface area (Å²) in [4.78, 5) is 14.2. The van der Waals surface area contributed by atoms with Crippen LogP contribution in [0.1, 0.15) is 37.2 Å². The molecule has 0 saturated carbocycles. The predicted molar refractivity (Wildman–Crippen MR) is 68.1 cm³/mol. The molecule has 1 aliphatic heterocycles. The number of amides is 1. The van der Waals surface area contributed by atoms with Crippen LogP contribution in [0.2, 0.25) is 0 Å². The van der Waals surface area contributed by atoms with Crippen molar-refractivity contribution in [3.05, 3.63) is 11.9 Å². The number of hydrogen-bond acceptors (Lipinski definition) is 4. The summed E-state index contributed by atoms with van der Waals surface area (Å²) in [6.07, 6.45) is 3.82. The number of carbonyl (C=O) groups excluding carboxylic acids is 1. The van der Waals surface area contributed by atoms with Gasteiger partial charge in [0.25, 0.3) is 5.91 Å². The van der Waals surface area contributed by atoms with Crippen LogP contribution in [0.25, 0.3) is 0 Å². The van der Waals surface area contributed by atoms with Gasteiger partial charge in [0.1, 0.15) is 0 Å². The molecule has 0 aromatic carbocycles. The first-order chi connectivity index (χ1) is 8.66. The summed E-state index contributed by atoms with van der Waals surface area (Å²) in [5.41, 5.74) is 0.397. The normalized spacial score (nSPS) is 19.4. The van der Waals surface area contributed by atoms with Crippen LogP contribution in [0.3, 0.4) is 0 Å². The third-order valence-electron chi connectivity index (χ3n) is 3.11. The fourth-order valence-corrected chi connectivity index (χ4v) is 2.33. The van der Waals surface area contributed by atoms with E-state index in [0.29, 0.717) is 17.7 Å². The van der Waals surface area contributed by atoms with Crippen molar-refractivity contribution in [3.63, 3.8) is 0 Å². The fourth-order valence-electron chi connectivity index (χ4n) is 2.33. The standard InChI is InChI=1S/C12H21N5O/c1-9(2)7-17(8-10-4-3-5-13-10)12(18)11-6-14-16-15-11/h6,9-10,13H,3-5,7-8H2,1-2H3,(H,14,15,16). The average molecular weight is 251 g/mol. The lowest BCUT2D eigenvalue weighted by Crippen LogP contribution is -2.43. The minimum atomic E-state index is -0.0360. The molecule has 2 rings (SSSR count). The first-order valence-corrected chi connectivity index (χ1v) is 6.55. The topological polar surface area (TPSA) is 73.9 Å². The molecule has 18 heavy (non-hydrogen) atoms. The molecule has 1 aliphatic rings. The molecule has 0 aliphatic carbocycles. The van der Waals surface area contributed by atoms with Crippen molar-refractivity contribution in [2.45, 2.75) is 32.7 Å². The maximum atomic E-state index is 12.3. The van der Waals surface area contributed by atoms with Gasteiger partial charge < -0.3 is 10.2 Å². The summed E-state index contributed by atoms with van der Waals surface area (Å²) in [7, 11) is 0. The van der Waals surface area contributed by atoms with Gasteiger partial charge >= 0.3 is 0 Å². The van der Waals surface area contributed by atoms with Crippen molar-refractivity contribution in [1.82, 2.24) is 25.6 Å². The molecule has 1 aromatic rings. The number of aromatic amines is 1. The highest BCUT2D eigenvalue weighted by Gasteiger charge is 2.24. The smallest absolute Gasteiger partial charge is 0.276 e. The van der Waals surface area contributed by atoms with Crippen molar-refractivity contribution in [1.29, 1.82) is 0 Å². The zero-order valence-electron chi connectivity index (χ0n) is 11.0. The predicted octanol–water partition coefficient (Wildman–Crippen LogP) is 0.655. The van der Waals surface area contributed by atoms with Gasteiger partial charge in [-0.25, -0.2) is 0 Å². The zero-order valence-corrected chi connectivity index (χ0v) is 11.0.